The van der Waals surface area contributed by atoms with Crippen LogP contribution in [0.3, 0.4) is 0 Å². The Morgan fingerprint density at radius 2 is 2.00 bits per heavy atom. The van der Waals surface area contributed by atoms with Gasteiger partial charge in [-0.3, -0.25) is 4.79 Å². The van der Waals surface area contributed by atoms with Crippen LogP contribution in [-0.4, -0.2) is 26.2 Å². The van der Waals surface area contributed by atoms with Crippen LogP contribution in [0, 0.1) is 17.8 Å². The number of carbonyl (C=O) groups is 1. The van der Waals surface area contributed by atoms with E-state index in [9.17, 15) is 4.79 Å². The highest BCUT2D eigenvalue weighted by Crippen LogP contribution is 2.33. The van der Waals surface area contributed by atoms with Crippen LogP contribution in [-0.2, 0) is 4.79 Å². The molecule has 1 aliphatic carbocycles. The highest BCUT2D eigenvalue weighted by Gasteiger charge is 2.32. The topological polar surface area (TPSA) is 73.6 Å². The van der Waals surface area contributed by atoms with Gasteiger partial charge in [0.2, 0.25) is 5.91 Å². The zero-order chi connectivity index (χ0) is 18.4. The van der Waals surface area contributed by atoms with Gasteiger partial charge >= 0.3 is 0 Å². The maximum Gasteiger partial charge on any atom is 0.223 e. The molecule has 1 amide bonds. The van der Waals surface area contributed by atoms with E-state index in [0.717, 1.165) is 30.6 Å². The van der Waals surface area contributed by atoms with E-state index in [1.807, 2.05) is 25.1 Å². The van der Waals surface area contributed by atoms with Gasteiger partial charge in [-0.1, -0.05) is 26.3 Å². The van der Waals surface area contributed by atoms with Crippen molar-refractivity contribution >= 4 is 18.3 Å². The van der Waals surface area contributed by atoms with E-state index in [-0.39, 0.29) is 30.3 Å². The zero-order valence-corrected chi connectivity index (χ0v) is 17.1. The number of methoxy groups -OCH3 is 1. The van der Waals surface area contributed by atoms with Gasteiger partial charge in [-0.2, -0.15) is 0 Å². The van der Waals surface area contributed by atoms with Crippen molar-refractivity contribution < 1.29 is 14.3 Å². The molecule has 1 aromatic carbocycles. The lowest BCUT2D eigenvalue weighted by Crippen LogP contribution is -2.36. The van der Waals surface area contributed by atoms with E-state index in [0.29, 0.717) is 30.7 Å². The Bertz CT molecular complexity index is 580. The molecule has 1 aliphatic rings. The summed E-state index contributed by atoms with van der Waals surface area (Å²) in [5.41, 5.74) is 6.80. The quantitative estimate of drug-likeness (QED) is 0.716. The Balaban J connectivity index is 0.00000338. The fraction of sp³-hybridized carbons (Fsp3) is 0.650. The summed E-state index contributed by atoms with van der Waals surface area (Å²) in [5.74, 6) is 2.35. The van der Waals surface area contributed by atoms with Gasteiger partial charge in [0.1, 0.15) is 0 Å². The van der Waals surface area contributed by atoms with Crippen molar-refractivity contribution in [1.82, 2.24) is 5.32 Å². The number of carbonyl (C=O) groups excluding carboxylic acids is 1. The van der Waals surface area contributed by atoms with E-state index in [1.54, 1.807) is 7.11 Å². The van der Waals surface area contributed by atoms with Gasteiger partial charge in [0.05, 0.1) is 19.8 Å². The lowest BCUT2D eigenvalue weighted by atomic mass is 9.94. The molecule has 0 aromatic heterocycles. The molecule has 1 saturated carbocycles. The highest BCUT2D eigenvalue weighted by molar-refractivity contribution is 5.85. The number of nitrogens with one attached hydrogen (secondary N) is 1. The molecule has 6 heteroatoms. The van der Waals surface area contributed by atoms with Crippen LogP contribution in [0.4, 0.5) is 0 Å². The van der Waals surface area contributed by atoms with Gasteiger partial charge < -0.3 is 20.5 Å². The van der Waals surface area contributed by atoms with Crippen molar-refractivity contribution in [2.24, 2.45) is 23.5 Å². The Hall–Kier alpha value is -1.46. The van der Waals surface area contributed by atoms with Gasteiger partial charge in [0.15, 0.2) is 11.5 Å². The van der Waals surface area contributed by atoms with Crippen LogP contribution >= 0.6 is 12.4 Å². The number of benzene rings is 1. The van der Waals surface area contributed by atoms with Crippen molar-refractivity contribution in [2.75, 3.05) is 20.3 Å². The third-order valence-corrected chi connectivity index (χ3v) is 4.92. The van der Waals surface area contributed by atoms with Crippen LogP contribution in [0.15, 0.2) is 18.2 Å². The Morgan fingerprint density at radius 3 is 2.62 bits per heavy atom. The first-order valence-electron chi connectivity index (χ1n) is 9.27. The van der Waals surface area contributed by atoms with Crippen molar-refractivity contribution in [3.63, 3.8) is 0 Å². The molecule has 0 aliphatic heterocycles. The minimum atomic E-state index is -0.0837. The van der Waals surface area contributed by atoms with Crippen molar-refractivity contribution in [3.05, 3.63) is 23.8 Å². The lowest BCUT2D eigenvalue weighted by molar-refractivity contribution is -0.126. The van der Waals surface area contributed by atoms with Gasteiger partial charge in [-0.25, -0.2) is 0 Å². The van der Waals surface area contributed by atoms with Gasteiger partial charge in [-0.15, -0.1) is 12.4 Å². The molecule has 1 aromatic rings. The second-order valence-electron chi connectivity index (χ2n) is 7.38. The molecule has 1 unspecified atom stereocenters. The maximum atomic E-state index is 12.6. The third kappa shape index (κ3) is 5.78. The molecule has 26 heavy (non-hydrogen) atoms. The fourth-order valence-electron chi connectivity index (χ4n) is 3.40. The van der Waals surface area contributed by atoms with E-state index >= 15 is 0 Å². The first-order valence-corrected chi connectivity index (χ1v) is 9.27. The molecule has 3 N–H and O–H groups in total. The molecule has 0 spiro atoms. The van der Waals surface area contributed by atoms with Crippen molar-refractivity contribution in [1.29, 1.82) is 0 Å². The number of rotatable bonds is 8. The molecular formula is C20H33ClN2O3. The van der Waals surface area contributed by atoms with Gasteiger partial charge in [0, 0.05) is 5.92 Å². The summed E-state index contributed by atoms with van der Waals surface area (Å²) < 4.78 is 11.2. The first kappa shape index (κ1) is 22.6. The molecule has 2 rings (SSSR count). The smallest absolute Gasteiger partial charge is 0.223 e. The molecule has 1 fully saturated rings. The number of hydrogen-bond acceptors (Lipinski definition) is 4. The second kappa shape index (κ2) is 10.6. The average molecular weight is 385 g/mol. The van der Waals surface area contributed by atoms with Gasteiger partial charge in [-0.05, 0) is 55.8 Å². The van der Waals surface area contributed by atoms with Crippen molar-refractivity contribution in [3.8, 4) is 11.5 Å². The van der Waals surface area contributed by atoms with E-state index in [4.69, 9.17) is 15.2 Å². The third-order valence-electron chi connectivity index (χ3n) is 4.92. The summed E-state index contributed by atoms with van der Waals surface area (Å²) in [4.78, 5) is 12.6. The highest BCUT2D eigenvalue weighted by atomic mass is 35.5. The number of nitrogens with two attached hydrogens (primary N) is 1. The predicted octanol–water partition coefficient (Wildman–Crippen LogP) is 3.70. The fourth-order valence-corrected chi connectivity index (χ4v) is 3.40. The molecule has 0 heterocycles. The minimum absolute atomic E-state index is 0. The maximum absolute atomic E-state index is 12.6. The number of amides is 1. The number of hydrogen-bond donors (Lipinski definition) is 2. The summed E-state index contributed by atoms with van der Waals surface area (Å²) >= 11 is 0. The summed E-state index contributed by atoms with van der Waals surface area (Å²) in [6.07, 6.45) is 3.08. The summed E-state index contributed by atoms with van der Waals surface area (Å²) in [6, 6.07) is 5.75. The van der Waals surface area contributed by atoms with E-state index in [1.165, 1.54) is 0 Å². The first-order chi connectivity index (χ1) is 12.0. The van der Waals surface area contributed by atoms with Crippen molar-refractivity contribution in [2.45, 2.75) is 46.1 Å². The van der Waals surface area contributed by atoms with Crippen LogP contribution < -0.4 is 20.5 Å². The number of halogens is 1. The molecule has 5 nitrogen and oxygen atoms in total. The molecule has 3 atom stereocenters. The largest absolute Gasteiger partial charge is 0.493 e. The zero-order valence-electron chi connectivity index (χ0n) is 16.3. The average Bonchev–Trinajstić information content (AvgIpc) is 3.08. The van der Waals surface area contributed by atoms with Crippen LogP contribution in [0.5, 0.6) is 11.5 Å². The standard InChI is InChI=1S/C20H32N2O3.ClH/c1-13(2)12-25-18-9-8-15(10-19(18)24-4)14(3)22-20(23)17-7-5-6-16(17)11-21;/h8-10,13-14,16-17H,5-7,11-12,21H2,1-4H3,(H,22,23);1H/t14?,16-,17-;/m1./s1. The monoisotopic (exact) mass is 384 g/mol. The molecular weight excluding hydrogens is 352 g/mol. The van der Waals surface area contributed by atoms with Gasteiger partial charge in [0.25, 0.3) is 0 Å². The van der Waals surface area contributed by atoms with Crippen LogP contribution in [0.25, 0.3) is 0 Å². The molecule has 0 radical (unpaired) electrons. The SMILES string of the molecule is COc1cc(C(C)NC(=O)[C@@H]2CCC[C@@H]2CN)ccc1OCC(C)C.Cl. The van der Waals surface area contributed by atoms with E-state index < -0.39 is 0 Å². The van der Waals surface area contributed by atoms with E-state index in [2.05, 4.69) is 19.2 Å². The Morgan fingerprint density at radius 1 is 1.27 bits per heavy atom. The van der Waals surface area contributed by atoms with Crippen LogP contribution in [0.2, 0.25) is 0 Å². The molecule has 148 valence electrons. The van der Waals surface area contributed by atoms with Crippen LogP contribution in [0.1, 0.15) is 51.6 Å². The summed E-state index contributed by atoms with van der Waals surface area (Å²) in [6.45, 7) is 7.44. The second-order valence-corrected chi connectivity index (χ2v) is 7.38. The normalized spacial score (nSPS) is 20.4. The molecule has 0 saturated heterocycles. The summed E-state index contributed by atoms with van der Waals surface area (Å²) in [7, 11) is 1.63. The molecule has 0 bridgehead atoms. The number of ether oxygens (including phenoxy) is 2. The minimum Gasteiger partial charge on any atom is -0.493 e. The summed E-state index contributed by atoms with van der Waals surface area (Å²) in [5, 5.41) is 3.13. The predicted molar refractivity (Wildman–Crippen MR) is 107 cm³/mol. The Kier molecular flexibility index (Phi) is 9.23. The lowest BCUT2D eigenvalue weighted by Gasteiger charge is -2.22. The Labute approximate surface area is 163 Å².